The minimum atomic E-state index is -1.35. The summed E-state index contributed by atoms with van der Waals surface area (Å²) >= 11 is 1.27. The molecule has 3 N–H and O–H groups in total. The van der Waals surface area contributed by atoms with Crippen molar-refractivity contribution >= 4 is 23.2 Å². The van der Waals surface area contributed by atoms with Crippen LogP contribution >= 0.6 is 11.3 Å². The zero-order valence-electron chi connectivity index (χ0n) is 10.5. The van der Waals surface area contributed by atoms with Gasteiger partial charge in [0.25, 0.3) is 5.91 Å². The van der Waals surface area contributed by atoms with E-state index in [1.807, 2.05) is 0 Å². The van der Waals surface area contributed by atoms with E-state index in [9.17, 15) is 9.59 Å². The van der Waals surface area contributed by atoms with E-state index in [-0.39, 0.29) is 5.69 Å². The summed E-state index contributed by atoms with van der Waals surface area (Å²) in [5.41, 5.74) is 0.126. The highest BCUT2D eigenvalue weighted by Gasteiger charge is 2.23. The molecule has 0 aliphatic carbocycles. The van der Waals surface area contributed by atoms with E-state index in [0.717, 1.165) is 0 Å². The molecule has 0 spiro atoms. The van der Waals surface area contributed by atoms with Crippen LogP contribution < -0.4 is 5.32 Å². The van der Waals surface area contributed by atoms with Crippen molar-refractivity contribution in [3.05, 3.63) is 29.0 Å². The standard InChI is InChI=1S/C12H12N2O5S/c1-6-9(10(16)13-7(5-15)12(17)18)14-11(20-6)8-3-2-4-19-8/h2-4,7,15H,5H2,1H3,(H,13,16)(H,17,18). The number of furan rings is 1. The van der Waals surface area contributed by atoms with Crippen molar-refractivity contribution in [1.29, 1.82) is 0 Å². The number of nitrogens with zero attached hydrogens (tertiary/aromatic N) is 1. The molecule has 2 rings (SSSR count). The third kappa shape index (κ3) is 2.86. The number of aliphatic hydroxyl groups is 1. The second kappa shape index (κ2) is 5.85. The van der Waals surface area contributed by atoms with E-state index in [4.69, 9.17) is 14.6 Å². The van der Waals surface area contributed by atoms with Crippen LogP contribution in [-0.4, -0.2) is 39.7 Å². The fraction of sp³-hybridized carbons (Fsp3) is 0.250. The number of thiazole rings is 1. The first-order valence-corrected chi connectivity index (χ1v) is 6.50. The van der Waals surface area contributed by atoms with Crippen molar-refractivity contribution in [2.24, 2.45) is 0 Å². The Kier molecular flexibility index (Phi) is 4.16. The van der Waals surface area contributed by atoms with Crippen molar-refractivity contribution < 1.29 is 24.2 Å². The molecule has 7 nitrogen and oxygen atoms in total. The summed E-state index contributed by atoms with van der Waals surface area (Å²) in [6, 6.07) is 2.07. The molecule has 8 heteroatoms. The van der Waals surface area contributed by atoms with Crippen molar-refractivity contribution in [1.82, 2.24) is 10.3 Å². The van der Waals surface area contributed by atoms with Gasteiger partial charge in [0.05, 0.1) is 12.9 Å². The van der Waals surface area contributed by atoms with Gasteiger partial charge < -0.3 is 19.9 Å². The molecule has 0 bridgehead atoms. The van der Waals surface area contributed by atoms with Gasteiger partial charge in [0.2, 0.25) is 0 Å². The van der Waals surface area contributed by atoms with Gasteiger partial charge in [-0.2, -0.15) is 0 Å². The largest absolute Gasteiger partial charge is 0.480 e. The van der Waals surface area contributed by atoms with E-state index >= 15 is 0 Å². The number of rotatable bonds is 5. The van der Waals surface area contributed by atoms with Gasteiger partial charge in [0.15, 0.2) is 16.8 Å². The lowest BCUT2D eigenvalue weighted by molar-refractivity contribution is -0.140. The van der Waals surface area contributed by atoms with Gasteiger partial charge in [-0.05, 0) is 19.1 Å². The Labute approximate surface area is 117 Å². The zero-order chi connectivity index (χ0) is 14.7. The Morgan fingerprint density at radius 2 is 2.30 bits per heavy atom. The van der Waals surface area contributed by atoms with E-state index in [0.29, 0.717) is 15.6 Å². The average molecular weight is 296 g/mol. The number of amides is 1. The Hall–Kier alpha value is -2.19. The number of aliphatic carboxylic acids is 1. The van der Waals surface area contributed by atoms with Crippen LogP contribution in [0, 0.1) is 6.92 Å². The van der Waals surface area contributed by atoms with Crippen LogP contribution in [0.5, 0.6) is 0 Å². The SMILES string of the molecule is Cc1sc(-c2ccco2)nc1C(=O)NC(CO)C(=O)O. The molecular weight excluding hydrogens is 284 g/mol. The Bertz CT molecular complexity index is 620. The number of nitrogens with one attached hydrogen (secondary N) is 1. The molecule has 1 atom stereocenters. The number of carbonyl (C=O) groups is 2. The van der Waals surface area contributed by atoms with Gasteiger partial charge in [0, 0.05) is 4.88 Å². The Morgan fingerprint density at radius 3 is 2.85 bits per heavy atom. The molecule has 0 aliphatic heterocycles. The predicted octanol–water partition coefficient (Wildman–Crippen LogP) is 0.887. The van der Waals surface area contributed by atoms with Gasteiger partial charge in [-0.15, -0.1) is 11.3 Å². The van der Waals surface area contributed by atoms with E-state index in [1.165, 1.54) is 17.6 Å². The zero-order valence-corrected chi connectivity index (χ0v) is 11.3. The minimum absolute atomic E-state index is 0.126. The lowest BCUT2D eigenvalue weighted by Crippen LogP contribution is -2.43. The van der Waals surface area contributed by atoms with Crippen LogP contribution in [0.3, 0.4) is 0 Å². The monoisotopic (exact) mass is 296 g/mol. The molecule has 0 fully saturated rings. The third-order valence-corrected chi connectivity index (χ3v) is 3.51. The quantitative estimate of drug-likeness (QED) is 0.755. The predicted molar refractivity (Wildman–Crippen MR) is 70.5 cm³/mol. The second-order valence-corrected chi connectivity index (χ2v) is 5.15. The number of carboxylic acid groups (broad SMARTS) is 1. The molecule has 0 radical (unpaired) electrons. The number of carbonyl (C=O) groups excluding carboxylic acids is 1. The van der Waals surface area contributed by atoms with E-state index < -0.39 is 24.5 Å². The van der Waals surface area contributed by atoms with Crippen LogP contribution in [0.15, 0.2) is 22.8 Å². The number of aryl methyl sites for hydroxylation is 1. The minimum Gasteiger partial charge on any atom is -0.480 e. The molecule has 106 valence electrons. The fourth-order valence-corrected chi connectivity index (χ4v) is 2.40. The summed E-state index contributed by atoms with van der Waals surface area (Å²) in [7, 11) is 0. The van der Waals surface area contributed by atoms with Gasteiger partial charge in [0.1, 0.15) is 5.69 Å². The van der Waals surface area contributed by atoms with E-state index in [2.05, 4.69) is 10.3 Å². The summed E-state index contributed by atoms with van der Waals surface area (Å²) in [6.45, 7) is 1.02. The van der Waals surface area contributed by atoms with Crippen LogP contribution in [-0.2, 0) is 4.79 Å². The molecule has 0 aliphatic rings. The maximum Gasteiger partial charge on any atom is 0.328 e. The summed E-state index contributed by atoms with van der Waals surface area (Å²) < 4.78 is 5.19. The molecule has 1 unspecified atom stereocenters. The smallest absolute Gasteiger partial charge is 0.328 e. The van der Waals surface area contributed by atoms with E-state index in [1.54, 1.807) is 19.1 Å². The first-order chi connectivity index (χ1) is 9.52. The van der Waals surface area contributed by atoms with Crippen LogP contribution in [0.2, 0.25) is 0 Å². The van der Waals surface area contributed by atoms with Crippen LogP contribution in [0.4, 0.5) is 0 Å². The molecule has 2 aromatic heterocycles. The lowest BCUT2D eigenvalue weighted by atomic mass is 10.3. The van der Waals surface area contributed by atoms with Gasteiger partial charge >= 0.3 is 5.97 Å². The van der Waals surface area contributed by atoms with Gasteiger partial charge in [-0.1, -0.05) is 0 Å². The molecule has 0 aromatic carbocycles. The highest BCUT2D eigenvalue weighted by Crippen LogP contribution is 2.27. The molecular formula is C12H12N2O5S. The number of hydrogen-bond donors (Lipinski definition) is 3. The van der Waals surface area contributed by atoms with Crippen molar-refractivity contribution in [2.75, 3.05) is 6.61 Å². The van der Waals surface area contributed by atoms with Gasteiger partial charge in [-0.3, -0.25) is 4.79 Å². The Balaban J connectivity index is 2.21. The molecule has 0 saturated carbocycles. The molecule has 20 heavy (non-hydrogen) atoms. The highest BCUT2D eigenvalue weighted by atomic mass is 32.1. The third-order valence-electron chi connectivity index (χ3n) is 2.53. The maximum absolute atomic E-state index is 12.0. The summed E-state index contributed by atoms with van der Waals surface area (Å²) in [6.07, 6.45) is 1.50. The Morgan fingerprint density at radius 1 is 1.55 bits per heavy atom. The summed E-state index contributed by atoms with van der Waals surface area (Å²) in [4.78, 5) is 27.5. The van der Waals surface area contributed by atoms with Crippen LogP contribution in [0.1, 0.15) is 15.4 Å². The topological polar surface area (TPSA) is 113 Å². The molecule has 2 aromatic rings. The number of aliphatic hydroxyl groups excluding tert-OH is 1. The van der Waals surface area contributed by atoms with Crippen molar-refractivity contribution in [3.8, 4) is 10.8 Å². The normalized spacial score (nSPS) is 12.1. The molecule has 1 amide bonds. The van der Waals surface area contributed by atoms with Crippen molar-refractivity contribution in [3.63, 3.8) is 0 Å². The summed E-state index contributed by atoms with van der Waals surface area (Å²) in [5, 5.41) is 20.4. The lowest BCUT2D eigenvalue weighted by Gasteiger charge is -2.10. The fourth-order valence-electron chi connectivity index (χ4n) is 1.52. The average Bonchev–Trinajstić information content (AvgIpc) is 3.03. The number of hydrogen-bond acceptors (Lipinski definition) is 6. The van der Waals surface area contributed by atoms with Crippen molar-refractivity contribution in [2.45, 2.75) is 13.0 Å². The molecule has 2 heterocycles. The number of aromatic nitrogens is 1. The number of carboxylic acids is 1. The first-order valence-electron chi connectivity index (χ1n) is 5.68. The van der Waals surface area contributed by atoms with Crippen LogP contribution in [0.25, 0.3) is 10.8 Å². The van der Waals surface area contributed by atoms with Gasteiger partial charge in [-0.25, -0.2) is 9.78 Å². The summed E-state index contributed by atoms with van der Waals surface area (Å²) in [5.74, 6) is -1.41. The first kappa shape index (κ1) is 14.2. The maximum atomic E-state index is 12.0. The second-order valence-electron chi connectivity index (χ2n) is 3.95. The molecule has 0 saturated heterocycles. The highest BCUT2D eigenvalue weighted by molar-refractivity contribution is 7.15.